The molecule has 1 amide bonds. The minimum atomic E-state index is -0.146. The highest BCUT2D eigenvalue weighted by molar-refractivity contribution is 7.99. The van der Waals surface area contributed by atoms with Gasteiger partial charge in [0.2, 0.25) is 11.7 Å². The van der Waals surface area contributed by atoms with Gasteiger partial charge in [-0.05, 0) is 61.6 Å². The number of rotatable bonds is 8. The number of nitrogens with one attached hydrogen (secondary N) is 1. The van der Waals surface area contributed by atoms with Crippen LogP contribution in [0, 0.1) is 13.8 Å². The van der Waals surface area contributed by atoms with Crippen molar-refractivity contribution in [3.63, 3.8) is 0 Å². The first kappa shape index (κ1) is 23.8. The Kier molecular flexibility index (Phi) is 6.86. The van der Waals surface area contributed by atoms with Gasteiger partial charge in [-0.15, -0.1) is 10.2 Å². The average molecular weight is 498 g/mol. The van der Waals surface area contributed by atoms with Crippen LogP contribution in [0.5, 0.6) is 0 Å². The van der Waals surface area contributed by atoms with Crippen molar-refractivity contribution in [2.24, 2.45) is 0 Å². The number of hydrogen-bond acceptors (Lipinski definition) is 5. The van der Waals surface area contributed by atoms with Crippen LogP contribution in [0.3, 0.4) is 0 Å². The number of hydrogen-bond donors (Lipinski definition) is 1. The molecule has 36 heavy (non-hydrogen) atoms. The van der Waals surface area contributed by atoms with Gasteiger partial charge in [-0.25, -0.2) is 4.57 Å². The molecule has 0 atom stereocenters. The molecule has 8 heteroatoms. The Morgan fingerprint density at radius 3 is 2.56 bits per heavy atom. The quantitative estimate of drug-likeness (QED) is 0.252. The van der Waals surface area contributed by atoms with Gasteiger partial charge in [0.05, 0.1) is 22.3 Å². The lowest BCUT2D eigenvalue weighted by Crippen LogP contribution is -2.26. The fourth-order valence-corrected chi connectivity index (χ4v) is 5.08. The Balaban J connectivity index is 1.40. The number of para-hydroxylation sites is 1. The summed E-state index contributed by atoms with van der Waals surface area (Å²) >= 11 is 1.31. The molecule has 0 unspecified atom stereocenters. The molecule has 0 fully saturated rings. The molecule has 5 rings (SSSR count). The molecule has 1 N–H and O–H groups in total. The van der Waals surface area contributed by atoms with Crippen molar-refractivity contribution in [1.29, 1.82) is 0 Å². The molecule has 3 aromatic carbocycles. The second-order valence-corrected chi connectivity index (χ2v) is 9.67. The third-order valence-electron chi connectivity index (χ3n) is 6.35. The van der Waals surface area contributed by atoms with Crippen LogP contribution >= 0.6 is 11.8 Å². The molecule has 2 heterocycles. The summed E-state index contributed by atoms with van der Waals surface area (Å²) in [4.78, 5) is 26.1. The fraction of sp³-hybridized carbons (Fsp3) is 0.214. The Morgan fingerprint density at radius 1 is 0.944 bits per heavy atom. The predicted molar refractivity (Wildman–Crippen MR) is 144 cm³/mol. The van der Waals surface area contributed by atoms with Gasteiger partial charge in [0.25, 0.3) is 5.56 Å². The number of benzene rings is 3. The van der Waals surface area contributed by atoms with Gasteiger partial charge in [0, 0.05) is 6.54 Å². The van der Waals surface area contributed by atoms with Crippen molar-refractivity contribution in [3.05, 3.63) is 99.8 Å². The number of aryl methyl sites for hydroxylation is 2. The van der Waals surface area contributed by atoms with Crippen LogP contribution in [-0.2, 0) is 11.2 Å². The summed E-state index contributed by atoms with van der Waals surface area (Å²) in [6.07, 6.45) is 1.80. The lowest BCUT2D eigenvalue weighted by Gasteiger charge is -2.14. The molecule has 5 aromatic rings. The van der Waals surface area contributed by atoms with Crippen molar-refractivity contribution >= 4 is 34.3 Å². The highest BCUT2D eigenvalue weighted by Crippen LogP contribution is 2.25. The van der Waals surface area contributed by atoms with E-state index in [-0.39, 0.29) is 17.2 Å². The Morgan fingerprint density at radius 2 is 1.72 bits per heavy atom. The largest absolute Gasteiger partial charge is 0.355 e. The monoisotopic (exact) mass is 497 g/mol. The summed E-state index contributed by atoms with van der Waals surface area (Å²) in [5.41, 5.74) is 4.70. The highest BCUT2D eigenvalue weighted by Gasteiger charge is 2.19. The summed E-state index contributed by atoms with van der Waals surface area (Å²) in [7, 11) is 0. The van der Waals surface area contributed by atoms with Gasteiger partial charge in [0.1, 0.15) is 0 Å². The normalized spacial score (nSPS) is 11.3. The van der Waals surface area contributed by atoms with E-state index in [4.69, 9.17) is 0 Å². The molecular weight excluding hydrogens is 470 g/mol. The lowest BCUT2D eigenvalue weighted by atomic mass is 10.1. The molecule has 0 radical (unpaired) electrons. The van der Waals surface area contributed by atoms with Crippen molar-refractivity contribution in [2.75, 3.05) is 12.3 Å². The number of amides is 1. The molecule has 0 aliphatic heterocycles. The number of carbonyl (C=O) groups is 1. The Labute approximate surface area is 213 Å². The summed E-state index contributed by atoms with van der Waals surface area (Å²) in [5.74, 6) is 0.582. The van der Waals surface area contributed by atoms with E-state index < -0.39 is 0 Å². The second kappa shape index (κ2) is 10.4. The molecule has 0 aliphatic rings. The molecule has 2 aromatic heterocycles. The summed E-state index contributed by atoms with van der Waals surface area (Å²) in [5, 5.41) is 12.9. The topological polar surface area (TPSA) is 81.3 Å². The van der Waals surface area contributed by atoms with E-state index in [1.807, 2.05) is 78.9 Å². The minimum Gasteiger partial charge on any atom is -0.355 e. The van der Waals surface area contributed by atoms with Crippen LogP contribution in [0.2, 0.25) is 0 Å². The van der Waals surface area contributed by atoms with Crippen LogP contribution < -0.4 is 10.9 Å². The zero-order chi connectivity index (χ0) is 25.1. The van der Waals surface area contributed by atoms with Crippen LogP contribution in [0.25, 0.3) is 22.4 Å². The number of aromatic nitrogens is 4. The fourth-order valence-electron chi connectivity index (χ4n) is 4.31. The summed E-state index contributed by atoms with van der Waals surface area (Å²) in [6, 6.07) is 23.5. The van der Waals surface area contributed by atoms with Crippen LogP contribution in [0.1, 0.15) is 23.1 Å². The summed E-state index contributed by atoms with van der Waals surface area (Å²) in [6.45, 7) is 4.63. The van der Waals surface area contributed by atoms with Gasteiger partial charge in [-0.2, -0.15) is 0 Å². The third-order valence-corrected chi connectivity index (χ3v) is 7.28. The highest BCUT2D eigenvalue weighted by atomic mass is 32.2. The maximum atomic E-state index is 13.5. The molecule has 7 nitrogen and oxygen atoms in total. The molecule has 0 spiro atoms. The zero-order valence-electron chi connectivity index (χ0n) is 20.3. The third kappa shape index (κ3) is 4.64. The number of carbonyl (C=O) groups excluding carboxylic acids is 1. The Hall–Kier alpha value is -3.91. The smallest absolute Gasteiger partial charge is 0.267 e. The Bertz CT molecular complexity index is 1610. The first-order valence-corrected chi connectivity index (χ1v) is 12.9. The SMILES string of the molecule is Cc1cccc(-n2c(=O)c3ccccc3n3c(SCC(=O)NCCCc4ccccc4)nnc23)c1C. The van der Waals surface area contributed by atoms with Crippen molar-refractivity contribution < 1.29 is 4.79 Å². The van der Waals surface area contributed by atoms with E-state index in [1.54, 1.807) is 4.57 Å². The van der Waals surface area contributed by atoms with Gasteiger partial charge in [-0.1, -0.05) is 66.4 Å². The van der Waals surface area contributed by atoms with E-state index in [1.165, 1.54) is 17.3 Å². The molecular formula is C28H27N5O2S. The molecule has 0 bridgehead atoms. The van der Waals surface area contributed by atoms with E-state index in [0.717, 1.165) is 35.2 Å². The zero-order valence-corrected chi connectivity index (χ0v) is 21.1. The average Bonchev–Trinajstić information content (AvgIpc) is 3.32. The second-order valence-electron chi connectivity index (χ2n) is 8.72. The maximum absolute atomic E-state index is 13.5. The molecule has 182 valence electrons. The van der Waals surface area contributed by atoms with Crippen molar-refractivity contribution in [3.8, 4) is 5.69 Å². The minimum absolute atomic E-state index is 0.0584. The first-order valence-electron chi connectivity index (χ1n) is 11.9. The van der Waals surface area contributed by atoms with Crippen LogP contribution in [-0.4, -0.2) is 37.4 Å². The van der Waals surface area contributed by atoms with Gasteiger partial charge in [0.15, 0.2) is 5.16 Å². The van der Waals surface area contributed by atoms with Crippen LogP contribution in [0.4, 0.5) is 0 Å². The molecule has 0 saturated heterocycles. The van der Waals surface area contributed by atoms with Gasteiger partial charge >= 0.3 is 0 Å². The first-order chi connectivity index (χ1) is 17.5. The van der Waals surface area contributed by atoms with E-state index in [2.05, 4.69) is 27.6 Å². The maximum Gasteiger partial charge on any atom is 0.267 e. The van der Waals surface area contributed by atoms with Crippen LogP contribution in [0.15, 0.2) is 82.7 Å². The van der Waals surface area contributed by atoms with Gasteiger partial charge < -0.3 is 5.32 Å². The molecule has 0 aliphatic carbocycles. The van der Waals surface area contributed by atoms with Crippen molar-refractivity contribution in [1.82, 2.24) is 24.5 Å². The molecule has 0 saturated carbocycles. The number of nitrogens with zero attached hydrogens (tertiary/aromatic N) is 4. The van der Waals surface area contributed by atoms with Gasteiger partial charge in [-0.3, -0.25) is 14.0 Å². The summed E-state index contributed by atoms with van der Waals surface area (Å²) < 4.78 is 3.48. The predicted octanol–water partition coefficient (Wildman–Crippen LogP) is 4.49. The van der Waals surface area contributed by atoms with E-state index >= 15 is 0 Å². The lowest BCUT2D eigenvalue weighted by molar-refractivity contribution is -0.118. The van der Waals surface area contributed by atoms with Crippen molar-refractivity contribution in [2.45, 2.75) is 31.8 Å². The number of thioether (sulfide) groups is 1. The number of fused-ring (bicyclic) bond motifs is 3. The van der Waals surface area contributed by atoms with E-state index in [0.29, 0.717) is 22.9 Å². The standard InChI is InChI=1S/C28H27N5O2S/c1-19-10-8-16-23(20(19)2)32-26(35)22-14-6-7-15-24(22)33-27(32)30-31-28(33)36-18-25(34)29-17-9-13-21-11-4-3-5-12-21/h3-8,10-12,14-16H,9,13,17-18H2,1-2H3,(H,29,34). The van der Waals surface area contributed by atoms with E-state index in [9.17, 15) is 9.59 Å².